The first-order valence-electron chi connectivity index (χ1n) is 12.4. The molecule has 1 aromatic heterocycles. The van der Waals surface area contributed by atoms with Crippen molar-refractivity contribution in [3.05, 3.63) is 48.0 Å². The highest BCUT2D eigenvalue weighted by Gasteiger charge is 2.25. The Balaban J connectivity index is 1.30. The standard InChI is InChI=1S/C27H35F2N3O2/c1-27(2,29)19-31-14-10-20(11-15-31)18-34-25-9-7-21(16-23(25)28)22-6-8-24(30-17-22)26(33)32-12-4-3-5-13-32/h6-9,16-17,20H,3-5,10-15,18-19H2,1-2H3. The number of hydrogen-bond acceptors (Lipinski definition) is 4. The van der Waals surface area contributed by atoms with E-state index in [1.807, 2.05) is 17.0 Å². The predicted molar refractivity (Wildman–Crippen MR) is 129 cm³/mol. The van der Waals surface area contributed by atoms with Gasteiger partial charge in [0.1, 0.15) is 11.4 Å². The van der Waals surface area contributed by atoms with Crippen molar-refractivity contribution in [3.63, 3.8) is 0 Å². The van der Waals surface area contributed by atoms with Crippen molar-refractivity contribution in [3.8, 4) is 16.9 Å². The zero-order valence-electron chi connectivity index (χ0n) is 20.2. The third-order valence-corrected chi connectivity index (χ3v) is 6.67. The van der Waals surface area contributed by atoms with Crippen LogP contribution in [0.5, 0.6) is 5.75 Å². The zero-order valence-corrected chi connectivity index (χ0v) is 20.2. The molecule has 0 atom stereocenters. The van der Waals surface area contributed by atoms with Gasteiger partial charge in [0.15, 0.2) is 11.6 Å². The van der Waals surface area contributed by atoms with Crippen molar-refractivity contribution in [1.29, 1.82) is 0 Å². The molecule has 2 aliphatic heterocycles. The maximum atomic E-state index is 14.7. The highest BCUT2D eigenvalue weighted by Crippen LogP contribution is 2.27. The summed E-state index contributed by atoms with van der Waals surface area (Å²) < 4.78 is 34.4. The largest absolute Gasteiger partial charge is 0.490 e. The molecule has 2 aliphatic rings. The van der Waals surface area contributed by atoms with Crippen molar-refractivity contribution in [2.24, 2.45) is 5.92 Å². The van der Waals surface area contributed by atoms with Crippen LogP contribution in [0.1, 0.15) is 56.4 Å². The molecule has 34 heavy (non-hydrogen) atoms. The summed E-state index contributed by atoms with van der Waals surface area (Å²) in [6.07, 6.45) is 6.70. The lowest BCUT2D eigenvalue weighted by Crippen LogP contribution is -2.41. The Morgan fingerprint density at radius 3 is 2.38 bits per heavy atom. The molecule has 0 saturated carbocycles. The number of piperidine rings is 2. The van der Waals surface area contributed by atoms with Gasteiger partial charge in [-0.05, 0) is 88.7 Å². The first kappa shape index (κ1) is 24.6. The Morgan fingerprint density at radius 2 is 1.76 bits per heavy atom. The third kappa shape index (κ3) is 6.53. The number of likely N-dealkylation sites (tertiary alicyclic amines) is 2. The second-order valence-corrected chi connectivity index (χ2v) is 10.2. The van der Waals surface area contributed by atoms with E-state index < -0.39 is 11.5 Å². The summed E-state index contributed by atoms with van der Waals surface area (Å²) in [6, 6.07) is 8.44. The lowest BCUT2D eigenvalue weighted by Gasteiger charge is -2.34. The zero-order chi connectivity index (χ0) is 24.1. The number of carbonyl (C=O) groups is 1. The molecule has 0 radical (unpaired) electrons. The smallest absolute Gasteiger partial charge is 0.272 e. The van der Waals surface area contributed by atoms with Gasteiger partial charge in [0.2, 0.25) is 0 Å². The van der Waals surface area contributed by atoms with E-state index in [4.69, 9.17) is 4.74 Å². The molecule has 0 spiro atoms. The van der Waals surface area contributed by atoms with Gasteiger partial charge in [0, 0.05) is 31.4 Å². The number of amides is 1. The quantitative estimate of drug-likeness (QED) is 0.546. The topological polar surface area (TPSA) is 45.7 Å². The summed E-state index contributed by atoms with van der Waals surface area (Å²) in [5.74, 6) is 0.121. The molecule has 3 heterocycles. The monoisotopic (exact) mass is 471 g/mol. The average molecular weight is 472 g/mol. The van der Waals surface area contributed by atoms with Crippen LogP contribution >= 0.6 is 0 Å². The second-order valence-electron chi connectivity index (χ2n) is 10.2. The maximum Gasteiger partial charge on any atom is 0.272 e. The highest BCUT2D eigenvalue weighted by atomic mass is 19.1. The van der Waals surface area contributed by atoms with Crippen LogP contribution in [-0.4, -0.2) is 65.7 Å². The third-order valence-electron chi connectivity index (χ3n) is 6.67. The Bertz CT molecular complexity index is 961. The molecule has 0 N–H and O–H groups in total. The average Bonchev–Trinajstić information content (AvgIpc) is 2.83. The number of hydrogen-bond donors (Lipinski definition) is 0. The molecule has 4 rings (SSSR count). The molecule has 1 amide bonds. The van der Waals surface area contributed by atoms with Crippen LogP contribution in [0.4, 0.5) is 8.78 Å². The minimum Gasteiger partial charge on any atom is -0.490 e. The van der Waals surface area contributed by atoms with Gasteiger partial charge < -0.3 is 14.5 Å². The molecular formula is C27H35F2N3O2. The molecule has 1 aromatic carbocycles. The summed E-state index contributed by atoms with van der Waals surface area (Å²) >= 11 is 0. The number of ether oxygens (including phenoxy) is 1. The summed E-state index contributed by atoms with van der Waals surface area (Å²) in [5.41, 5.74) is 0.680. The Labute approximate surface area is 201 Å². The van der Waals surface area contributed by atoms with Crippen molar-refractivity contribution in [2.75, 3.05) is 39.3 Å². The van der Waals surface area contributed by atoms with Crippen molar-refractivity contribution >= 4 is 5.91 Å². The van der Waals surface area contributed by atoms with Gasteiger partial charge in [0.05, 0.1) is 6.61 Å². The summed E-state index contributed by atoms with van der Waals surface area (Å²) in [5, 5.41) is 0. The Kier molecular flexibility index (Phi) is 7.81. The molecule has 184 valence electrons. The number of halogens is 2. The lowest BCUT2D eigenvalue weighted by molar-refractivity contribution is 0.0718. The number of carbonyl (C=O) groups excluding carboxylic acids is 1. The summed E-state index contributed by atoms with van der Waals surface area (Å²) in [4.78, 5) is 20.9. The number of nitrogens with zero attached hydrogens (tertiary/aromatic N) is 3. The molecular weight excluding hydrogens is 436 g/mol. The first-order chi connectivity index (χ1) is 16.3. The van der Waals surface area contributed by atoms with Gasteiger partial charge in [-0.3, -0.25) is 9.78 Å². The van der Waals surface area contributed by atoms with Gasteiger partial charge in [-0.25, -0.2) is 8.78 Å². The number of rotatable bonds is 7. The normalized spacial score (nSPS) is 18.2. The van der Waals surface area contributed by atoms with Crippen LogP contribution in [0.15, 0.2) is 36.5 Å². The highest BCUT2D eigenvalue weighted by molar-refractivity contribution is 5.92. The van der Waals surface area contributed by atoms with Crippen LogP contribution in [0, 0.1) is 11.7 Å². The van der Waals surface area contributed by atoms with E-state index in [1.54, 1.807) is 32.2 Å². The SMILES string of the molecule is CC(C)(F)CN1CCC(COc2ccc(-c3ccc(C(=O)N4CCCCC4)nc3)cc2F)CC1. The van der Waals surface area contributed by atoms with E-state index in [0.29, 0.717) is 30.3 Å². The van der Waals surface area contributed by atoms with Crippen molar-refractivity contribution < 1.29 is 18.3 Å². The van der Waals surface area contributed by atoms with Crippen LogP contribution in [0.2, 0.25) is 0 Å². The molecule has 0 unspecified atom stereocenters. The molecule has 7 heteroatoms. The van der Waals surface area contributed by atoms with E-state index in [0.717, 1.165) is 57.4 Å². The maximum absolute atomic E-state index is 14.7. The van der Waals surface area contributed by atoms with Gasteiger partial charge in [0.25, 0.3) is 5.91 Å². The molecule has 2 fully saturated rings. The van der Waals surface area contributed by atoms with Gasteiger partial charge >= 0.3 is 0 Å². The molecule has 0 bridgehead atoms. The van der Waals surface area contributed by atoms with Gasteiger partial charge in [-0.15, -0.1) is 0 Å². The first-order valence-corrected chi connectivity index (χ1v) is 12.4. The van der Waals surface area contributed by atoms with Crippen LogP contribution in [0.3, 0.4) is 0 Å². The number of benzene rings is 1. The summed E-state index contributed by atoms with van der Waals surface area (Å²) in [7, 11) is 0. The molecule has 0 aliphatic carbocycles. The van der Waals surface area contributed by atoms with Crippen LogP contribution < -0.4 is 4.74 Å². The van der Waals surface area contributed by atoms with Crippen molar-refractivity contribution in [1.82, 2.24) is 14.8 Å². The fraction of sp³-hybridized carbons (Fsp3) is 0.556. The molecule has 2 saturated heterocycles. The molecule has 2 aromatic rings. The lowest BCUT2D eigenvalue weighted by atomic mass is 9.97. The fourth-order valence-corrected chi connectivity index (χ4v) is 4.80. The van der Waals surface area contributed by atoms with E-state index in [-0.39, 0.29) is 11.7 Å². The van der Waals surface area contributed by atoms with Gasteiger partial charge in [-0.2, -0.15) is 0 Å². The van der Waals surface area contributed by atoms with Crippen LogP contribution in [-0.2, 0) is 0 Å². The van der Waals surface area contributed by atoms with E-state index in [1.165, 1.54) is 12.5 Å². The minimum absolute atomic E-state index is 0.0413. The van der Waals surface area contributed by atoms with E-state index in [9.17, 15) is 13.6 Å². The van der Waals surface area contributed by atoms with Crippen molar-refractivity contribution in [2.45, 2.75) is 51.6 Å². The van der Waals surface area contributed by atoms with E-state index in [2.05, 4.69) is 9.88 Å². The Morgan fingerprint density at radius 1 is 1.06 bits per heavy atom. The predicted octanol–water partition coefficient (Wildman–Crippen LogP) is 5.35. The number of alkyl halides is 1. The number of pyridine rings is 1. The minimum atomic E-state index is -1.19. The van der Waals surface area contributed by atoms with Crippen LogP contribution in [0.25, 0.3) is 11.1 Å². The fourth-order valence-electron chi connectivity index (χ4n) is 4.80. The summed E-state index contributed by atoms with van der Waals surface area (Å²) in [6.45, 7) is 7.35. The second kappa shape index (κ2) is 10.8. The van der Waals surface area contributed by atoms with E-state index >= 15 is 0 Å². The Hall–Kier alpha value is -2.54. The van der Waals surface area contributed by atoms with Gasteiger partial charge in [-0.1, -0.05) is 12.1 Å². The molecule has 5 nitrogen and oxygen atoms in total. The number of aromatic nitrogens is 1.